The molecule has 0 radical (unpaired) electrons. The summed E-state index contributed by atoms with van der Waals surface area (Å²) in [6, 6.07) is 8.56. The molecule has 4 heteroatoms. The van der Waals surface area contributed by atoms with Crippen LogP contribution in [0.15, 0.2) is 24.3 Å². The molecule has 98 valence electrons. The molecule has 18 heavy (non-hydrogen) atoms. The first-order valence-corrected chi connectivity index (χ1v) is 7.41. The second kappa shape index (κ2) is 6.02. The zero-order valence-corrected chi connectivity index (χ0v) is 13.0. The summed E-state index contributed by atoms with van der Waals surface area (Å²) in [6.45, 7) is 3.27. The number of rotatable bonds is 2. The number of hydrogen-bond acceptors (Lipinski definition) is 2. The first-order chi connectivity index (χ1) is 8.56. The van der Waals surface area contributed by atoms with Gasteiger partial charge in [-0.1, -0.05) is 6.07 Å². The van der Waals surface area contributed by atoms with Gasteiger partial charge in [-0.05, 0) is 67.6 Å². The second-order valence-electron chi connectivity index (χ2n) is 5.03. The monoisotopic (exact) mass is 358 g/mol. The van der Waals surface area contributed by atoms with E-state index >= 15 is 0 Å². The van der Waals surface area contributed by atoms with E-state index in [9.17, 15) is 4.79 Å². The van der Waals surface area contributed by atoms with Crippen LogP contribution in [0.1, 0.15) is 30.1 Å². The molecule has 1 aliphatic rings. The van der Waals surface area contributed by atoms with Crippen LogP contribution in [-0.2, 0) is 0 Å². The fraction of sp³-hybridized carbons (Fsp3) is 0.500. The van der Waals surface area contributed by atoms with E-state index in [1.807, 2.05) is 24.3 Å². The molecular weight excluding hydrogens is 339 g/mol. The standard InChI is InChI=1S/C14H19IN2O/c1-10-8-13(6-7-17(10)2)16-14(18)11-4-3-5-12(15)9-11/h3-5,9-10,13H,6-8H2,1-2H3,(H,16,18). The Kier molecular flexibility index (Phi) is 4.61. The van der Waals surface area contributed by atoms with E-state index in [1.165, 1.54) is 0 Å². The highest BCUT2D eigenvalue weighted by molar-refractivity contribution is 14.1. The average molecular weight is 358 g/mol. The molecule has 0 saturated carbocycles. The van der Waals surface area contributed by atoms with Crippen LogP contribution in [0.4, 0.5) is 0 Å². The molecule has 2 rings (SSSR count). The number of carbonyl (C=O) groups excluding carboxylic acids is 1. The highest BCUT2D eigenvalue weighted by Gasteiger charge is 2.24. The first kappa shape index (κ1) is 13.8. The zero-order valence-electron chi connectivity index (χ0n) is 10.8. The Labute approximate surface area is 122 Å². The van der Waals surface area contributed by atoms with Crippen LogP contribution >= 0.6 is 22.6 Å². The van der Waals surface area contributed by atoms with E-state index < -0.39 is 0 Å². The maximum atomic E-state index is 12.1. The zero-order chi connectivity index (χ0) is 13.1. The smallest absolute Gasteiger partial charge is 0.251 e. The first-order valence-electron chi connectivity index (χ1n) is 6.33. The molecule has 1 aromatic carbocycles. The number of nitrogens with zero attached hydrogens (tertiary/aromatic N) is 1. The lowest BCUT2D eigenvalue weighted by molar-refractivity contribution is 0.0896. The Hall–Kier alpha value is -0.620. The van der Waals surface area contributed by atoms with Gasteiger partial charge in [-0.2, -0.15) is 0 Å². The molecule has 0 spiro atoms. The Balaban J connectivity index is 1.96. The summed E-state index contributed by atoms with van der Waals surface area (Å²) in [4.78, 5) is 14.5. The molecular formula is C14H19IN2O. The van der Waals surface area contributed by atoms with Crippen molar-refractivity contribution < 1.29 is 4.79 Å². The van der Waals surface area contributed by atoms with Gasteiger partial charge < -0.3 is 10.2 Å². The summed E-state index contributed by atoms with van der Waals surface area (Å²) in [7, 11) is 2.14. The minimum absolute atomic E-state index is 0.0512. The fourth-order valence-corrected chi connectivity index (χ4v) is 2.86. The van der Waals surface area contributed by atoms with E-state index in [4.69, 9.17) is 0 Å². The third-order valence-electron chi connectivity index (χ3n) is 3.63. The summed E-state index contributed by atoms with van der Waals surface area (Å²) < 4.78 is 1.09. The van der Waals surface area contributed by atoms with Crippen LogP contribution in [0.5, 0.6) is 0 Å². The topological polar surface area (TPSA) is 32.3 Å². The number of nitrogens with one attached hydrogen (secondary N) is 1. The van der Waals surface area contributed by atoms with Gasteiger partial charge in [-0.3, -0.25) is 4.79 Å². The van der Waals surface area contributed by atoms with Crippen LogP contribution in [0.25, 0.3) is 0 Å². The van der Waals surface area contributed by atoms with Crippen molar-refractivity contribution in [2.45, 2.75) is 31.8 Å². The number of likely N-dealkylation sites (tertiary alicyclic amines) is 1. The molecule has 0 aliphatic carbocycles. The van der Waals surface area contributed by atoms with Crippen molar-refractivity contribution in [1.82, 2.24) is 10.2 Å². The Morgan fingerprint density at radius 1 is 1.50 bits per heavy atom. The third-order valence-corrected chi connectivity index (χ3v) is 4.30. The van der Waals surface area contributed by atoms with Crippen molar-refractivity contribution in [3.63, 3.8) is 0 Å². The van der Waals surface area contributed by atoms with Gasteiger partial charge in [0.05, 0.1) is 0 Å². The molecule has 2 atom stereocenters. The van der Waals surface area contributed by atoms with Gasteiger partial charge in [0.2, 0.25) is 0 Å². The largest absolute Gasteiger partial charge is 0.349 e. The van der Waals surface area contributed by atoms with Gasteiger partial charge in [-0.15, -0.1) is 0 Å². The van der Waals surface area contributed by atoms with Gasteiger partial charge in [0, 0.05) is 27.8 Å². The molecule has 3 nitrogen and oxygen atoms in total. The molecule has 1 aliphatic heterocycles. The molecule has 1 N–H and O–H groups in total. The molecule has 2 unspecified atom stereocenters. The van der Waals surface area contributed by atoms with Gasteiger partial charge >= 0.3 is 0 Å². The van der Waals surface area contributed by atoms with E-state index in [0.29, 0.717) is 12.1 Å². The summed E-state index contributed by atoms with van der Waals surface area (Å²) in [5, 5.41) is 3.14. The number of halogens is 1. The van der Waals surface area contributed by atoms with E-state index in [-0.39, 0.29) is 5.91 Å². The van der Waals surface area contributed by atoms with Gasteiger partial charge in [0.25, 0.3) is 5.91 Å². The van der Waals surface area contributed by atoms with Crippen molar-refractivity contribution in [3.05, 3.63) is 33.4 Å². The Bertz CT molecular complexity index is 436. The predicted octanol–water partition coefficient (Wildman–Crippen LogP) is 2.50. The average Bonchev–Trinajstić information content (AvgIpc) is 2.34. The number of benzene rings is 1. The van der Waals surface area contributed by atoms with E-state index in [1.54, 1.807) is 0 Å². The maximum absolute atomic E-state index is 12.1. The molecule has 1 heterocycles. The van der Waals surface area contributed by atoms with Gasteiger partial charge in [0.15, 0.2) is 0 Å². The molecule has 1 aromatic rings. The highest BCUT2D eigenvalue weighted by atomic mass is 127. The van der Waals surface area contributed by atoms with Crippen LogP contribution in [0, 0.1) is 3.57 Å². The van der Waals surface area contributed by atoms with Gasteiger partial charge in [-0.25, -0.2) is 0 Å². The lowest BCUT2D eigenvalue weighted by Gasteiger charge is -2.35. The minimum Gasteiger partial charge on any atom is -0.349 e. The molecule has 0 aromatic heterocycles. The van der Waals surface area contributed by atoms with Crippen molar-refractivity contribution in [2.24, 2.45) is 0 Å². The summed E-state index contributed by atoms with van der Waals surface area (Å²) in [5.41, 5.74) is 0.758. The van der Waals surface area contributed by atoms with Crippen LogP contribution in [-0.4, -0.2) is 36.5 Å². The number of carbonyl (C=O) groups is 1. The molecule has 0 bridgehead atoms. The van der Waals surface area contributed by atoms with Crippen LogP contribution < -0.4 is 5.32 Å². The van der Waals surface area contributed by atoms with Gasteiger partial charge in [0.1, 0.15) is 0 Å². The quantitative estimate of drug-likeness (QED) is 0.824. The minimum atomic E-state index is 0.0512. The second-order valence-corrected chi connectivity index (χ2v) is 6.28. The fourth-order valence-electron chi connectivity index (χ4n) is 2.32. The van der Waals surface area contributed by atoms with Crippen molar-refractivity contribution in [1.29, 1.82) is 0 Å². The number of amides is 1. The van der Waals surface area contributed by atoms with Crippen molar-refractivity contribution in [2.75, 3.05) is 13.6 Å². The predicted molar refractivity (Wildman–Crippen MR) is 81.7 cm³/mol. The van der Waals surface area contributed by atoms with E-state index in [0.717, 1.165) is 28.5 Å². The Morgan fingerprint density at radius 2 is 2.28 bits per heavy atom. The van der Waals surface area contributed by atoms with Crippen LogP contribution in [0.2, 0.25) is 0 Å². The van der Waals surface area contributed by atoms with Crippen molar-refractivity contribution in [3.8, 4) is 0 Å². The SMILES string of the molecule is CC1CC(NC(=O)c2cccc(I)c2)CCN1C. The molecule has 1 saturated heterocycles. The number of hydrogen-bond donors (Lipinski definition) is 1. The van der Waals surface area contributed by atoms with Crippen LogP contribution in [0.3, 0.4) is 0 Å². The summed E-state index contributed by atoms with van der Waals surface area (Å²) in [6.07, 6.45) is 2.07. The molecule has 1 fully saturated rings. The van der Waals surface area contributed by atoms with E-state index in [2.05, 4.69) is 46.8 Å². The lowest BCUT2D eigenvalue weighted by atomic mass is 9.98. The number of piperidine rings is 1. The normalized spacial score (nSPS) is 24.8. The third kappa shape index (κ3) is 3.45. The summed E-state index contributed by atoms with van der Waals surface area (Å²) >= 11 is 2.23. The highest BCUT2D eigenvalue weighted by Crippen LogP contribution is 2.16. The molecule has 1 amide bonds. The Morgan fingerprint density at radius 3 is 2.94 bits per heavy atom. The lowest BCUT2D eigenvalue weighted by Crippen LogP contribution is -2.47. The van der Waals surface area contributed by atoms with Crippen molar-refractivity contribution >= 4 is 28.5 Å². The summed E-state index contributed by atoms with van der Waals surface area (Å²) in [5.74, 6) is 0.0512. The maximum Gasteiger partial charge on any atom is 0.251 e.